The van der Waals surface area contributed by atoms with Gasteiger partial charge in [0, 0.05) is 28.6 Å². The zero-order valence-electron chi connectivity index (χ0n) is 18.5. The summed E-state index contributed by atoms with van der Waals surface area (Å²) in [6.45, 7) is 6.10. The number of benzene rings is 3. The summed E-state index contributed by atoms with van der Waals surface area (Å²) in [7, 11) is 0. The van der Waals surface area contributed by atoms with Gasteiger partial charge in [0.1, 0.15) is 11.6 Å². The summed E-state index contributed by atoms with van der Waals surface area (Å²) >= 11 is 0. The molecule has 0 aliphatic carbocycles. The number of nitrogens with one attached hydrogen (secondary N) is 2. The van der Waals surface area contributed by atoms with Crippen LogP contribution in [0, 0.1) is 6.92 Å². The Bertz CT molecular complexity index is 1240. The first kappa shape index (κ1) is 21.2. The van der Waals surface area contributed by atoms with E-state index in [1.165, 1.54) is 0 Å². The predicted molar refractivity (Wildman–Crippen MR) is 130 cm³/mol. The van der Waals surface area contributed by atoms with Gasteiger partial charge in [0.15, 0.2) is 0 Å². The van der Waals surface area contributed by atoms with Crippen LogP contribution in [0.1, 0.15) is 41.5 Å². The van der Waals surface area contributed by atoms with Gasteiger partial charge >= 0.3 is 0 Å². The molecule has 0 saturated carbocycles. The highest BCUT2D eigenvalue weighted by Gasteiger charge is 2.12. The number of hydrogen-bond acceptors (Lipinski definition) is 4. The standard InChI is InChI=1S/C27H26N4O/c1-18(2)23-14-7-8-15-24(23)31-27(32)21-12-9-13-22(16-21)30-26-17-25(28-19(3)29-26)20-10-5-4-6-11-20/h4-18H,1-3H3,(H,31,32)(H,28,29,30). The third-order valence-corrected chi connectivity index (χ3v) is 5.14. The Labute approximate surface area is 188 Å². The summed E-state index contributed by atoms with van der Waals surface area (Å²) in [5, 5.41) is 6.36. The van der Waals surface area contributed by atoms with Crippen LogP contribution in [-0.4, -0.2) is 15.9 Å². The lowest BCUT2D eigenvalue weighted by Crippen LogP contribution is -2.14. The maximum absolute atomic E-state index is 12.9. The monoisotopic (exact) mass is 422 g/mol. The molecule has 0 atom stereocenters. The highest BCUT2D eigenvalue weighted by Crippen LogP contribution is 2.25. The molecule has 3 aromatic carbocycles. The highest BCUT2D eigenvalue weighted by molar-refractivity contribution is 6.05. The summed E-state index contributed by atoms with van der Waals surface area (Å²) in [5.74, 6) is 1.53. The second kappa shape index (κ2) is 9.43. The minimum atomic E-state index is -0.148. The molecule has 32 heavy (non-hydrogen) atoms. The Kier molecular flexibility index (Phi) is 6.26. The van der Waals surface area contributed by atoms with E-state index in [9.17, 15) is 4.79 Å². The van der Waals surface area contributed by atoms with Gasteiger partial charge in [-0.15, -0.1) is 0 Å². The third kappa shape index (κ3) is 5.01. The van der Waals surface area contributed by atoms with Crippen LogP contribution < -0.4 is 10.6 Å². The first-order chi connectivity index (χ1) is 15.5. The Morgan fingerprint density at radius 2 is 1.59 bits per heavy atom. The van der Waals surface area contributed by atoms with Crippen molar-refractivity contribution in [3.05, 3.63) is 102 Å². The summed E-state index contributed by atoms with van der Waals surface area (Å²) in [4.78, 5) is 22.0. The average Bonchev–Trinajstić information content (AvgIpc) is 2.79. The van der Waals surface area contributed by atoms with E-state index in [2.05, 4.69) is 34.4 Å². The van der Waals surface area contributed by atoms with Crippen molar-refractivity contribution < 1.29 is 4.79 Å². The van der Waals surface area contributed by atoms with Crippen LogP contribution in [0.25, 0.3) is 11.3 Å². The van der Waals surface area contributed by atoms with Gasteiger partial charge in [-0.1, -0.05) is 68.4 Å². The molecule has 0 aliphatic rings. The summed E-state index contributed by atoms with van der Waals surface area (Å²) in [6, 6.07) is 27.2. The van der Waals surface area contributed by atoms with E-state index in [1.54, 1.807) is 6.07 Å². The number of aryl methyl sites for hydroxylation is 1. The summed E-state index contributed by atoms with van der Waals surface area (Å²) in [5.41, 5.74) is 5.18. The molecular formula is C27H26N4O. The summed E-state index contributed by atoms with van der Waals surface area (Å²) < 4.78 is 0. The van der Waals surface area contributed by atoms with E-state index in [0.29, 0.717) is 23.1 Å². The molecule has 1 heterocycles. The van der Waals surface area contributed by atoms with Gasteiger partial charge in [0.05, 0.1) is 5.69 Å². The molecule has 5 heteroatoms. The second-order valence-corrected chi connectivity index (χ2v) is 7.95. The topological polar surface area (TPSA) is 66.9 Å². The first-order valence-electron chi connectivity index (χ1n) is 10.7. The van der Waals surface area contributed by atoms with Crippen LogP contribution in [0.15, 0.2) is 84.9 Å². The van der Waals surface area contributed by atoms with Crippen LogP contribution in [0.5, 0.6) is 0 Å². The fourth-order valence-corrected chi connectivity index (χ4v) is 3.58. The van der Waals surface area contributed by atoms with Crippen LogP contribution >= 0.6 is 0 Å². The molecule has 4 rings (SSSR count). The van der Waals surface area contributed by atoms with E-state index in [4.69, 9.17) is 0 Å². The molecule has 0 radical (unpaired) electrons. The molecule has 1 amide bonds. The zero-order valence-corrected chi connectivity index (χ0v) is 18.5. The summed E-state index contributed by atoms with van der Waals surface area (Å²) in [6.07, 6.45) is 0. The Hall–Kier alpha value is -3.99. The Morgan fingerprint density at radius 3 is 2.38 bits per heavy atom. The van der Waals surface area contributed by atoms with E-state index in [0.717, 1.165) is 28.2 Å². The van der Waals surface area contributed by atoms with E-state index < -0.39 is 0 Å². The van der Waals surface area contributed by atoms with Crippen molar-refractivity contribution in [3.8, 4) is 11.3 Å². The fourth-order valence-electron chi connectivity index (χ4n) is 3.58. The van der Waals surface area contributed by atoms with Gasteiger partial charge in [0.2, 0.25) is 0 Å². The smallest absolute Gasteiger partial charge is 0.255 e. The van der Waals surface area contributed by atoms with Crippen molar-refractivity contribution in [1.29, 1.82) is 0 Å². The normalized spacial score (nSPS) is 10.8. The quantitative estimate of drug-likeness (QED) is 0.369. The molecule has 5 nitrogen and oxygen atoms in total. The molecule has 1 aromatic heterocycles. The molecule has 0 saturated heterocycles. The lowest BCUT2D eigenvalue weighted by Gasteiger charge is -2.14. The Balaban J connectivity index is 1.55. The van der Waals surface area contributed by atoms with E-state index in [-0.39, 0.29) is 5.91 Å². The minimum Gasteiger partial charge on any atom is -0.340 e. The largest absolute Gasteiger partial charge is 0.340 e. The van der Waals surface area contributed by atoms with Crippen molar-refractivity contribution in [2.24, 2.45) is 0 Å². The molecule has 0 spiro atoms. The van der Waals surface area contributed by atoms with Crippen molar-refractivity contribution in [2.75, 3.05) is 10.6 Å². The third-order valence-electron chi connectivity index (χ3n) is 5.14. The van der Waals surface area contributed by atoms with Crippen LogP contribution in [0.4, 0.5) is 17.2 Å². The molecule has 0 bridgehead atoms. The number of carbonyl (C=O) groups is 1. The number of carbonyl (C=O) groups excluding carboxylic acids is 1. The molecule has 4 aromatic rings. The molecule has 2 N–H and O–H groups in total. The molecule has 160 valence electrons. The number of anilines is 3. The van der Waals surface area contributed by atoms with Gasteiger partial charge in [-0.25, -0.2) is 9.97 Å². The number of para-hydroxylation sites is 1. The molecule has 0 fully saturated rings. The lowest BCUT2D eigenvalue weighted by atomic mass is 10.0. The van der Waals surface area contributed by atoms with Gasteiger partial charge < -0.3 is 10.6 Å². The lowest BCUT2D eigenvalue weighted by molar-refractivity contribution is 0.102. The number of aromatic nitrogens is 2. The SMILES string of the molecule is Cc1nc(Nc2cccc(C(=O)Nc3ccccc3C(C)C)c2)cc(-c2ccccc2)n1. The number of nitrogens with zero attached hydrogens (tertiary/aromatic N) is 2. The average molecular weight is 423 g/mol. The fraction of sp³-hybridized carbons (Fsp3) is 0.148. The second-order valence-electron chi connectivity index (χ2n) is 7.95. The van der Waals surface area contributed by atoms with Crippen LogP contribution in [0.3, 0.4) is 0 Å². The minimum absolute atomic E-state index is 0.148. The van der Waals surface area contributed by atoms with Crippen LogP contribution in [-0.2, 0) is 0 Å². The van der Waals surface area contributed by atoms with E-state index in [1.807, 2.05) is 85.8 Å². The molecule has 0 unspecified atom stereocenters. The number of amides is 1. The predicted octanol–water partition coefficient (Wildman–Crippen LogP) is 6.57. The van der Waals surface area contributed by atoms with Gasteiger partial charge in [-0.05, 0) is 42.7 Å². The van der Waals surface area contributed by atoms with Crippen molar-refractivity contribution >= 4 is 23.1 Å². The van der Waals surface area contributed by atoms with Gasteiger partial charge in [0.25, 0.3) is 5.91 Å². The van der Waals surface area contributed by atoms with Crippen LogP contribution in [0.2, 0.25) is 0 Å². The number of hydrogen-bond donors (Lipinski definition) is 2. The van der Waals surface area contributed by atoms with Gasteiger partial charge in [-0.3, -0.25) is 4.79 Å². The molecule has 0 aliphatic heterocycles. The van der Waals surface area contributed by atoms with Crippen molar-refractivity contribution in [1.82, 2.24) is 9.97 Å². The van der Waals surface area contributed by atoms with Gasteiger partial charge in [-0.2, -0.15) is 0 Å². The Morgan fingerprint density at radius 1 is 0.844 bits per heavy atom. The zero-order chi connectivity index (χ0) is 22.5. The van der Waals surface area contributed by atoms with Crippen molar-refractivity contribution in [3.63, 3.8) is 0 Å². The number of rotatable bonds is 6. The van der Waals surface area contributed by atoms with E-state index >= 15 is 0 Å². The maximum atomic E-state index is 12.9. The van der Waals surface area contributed by atoms with Crippen molar-refractivity contribution in [2.45, 2.75) is 26.7 Å². The highest BCUT2D eigenvalue weighted by atomic mass is 16.1. The molecular weight excluding hydrogens is 396 g/mol. The maximum Gasteiger partial charge on any atom is 0.255 e. The first-order valence-corrected chi connectivity index (χ1v) is 10.7.